The average molecular weight is 753 g/mol. The number of alkyl carbamates (subject to hydrolysis) is 1. The molecule has 3 unspecified atom stereocenters. The predicted molar refractivity (Wildman–Crippen MR) is 220 cm³/mol. The lowest BCUT2D eigenvalue weighted by molar-refractivity contribution is -0.134. The van der Waals surface area contributed by atoms with Crippen molar-refractivity contribution in [2.75, 3.05) is 20.2 Å². The number of nitrogens with one attached hydrogen (secondary N) is 2. The summed E-state index contributed by atoms with van der Waals surface area (Å²) < 4.78 is 4.78. The number of hydrogen-bond donors (Lipinski definition) is 2. The van der Waals surface area contributed by atoms with Crippen LogP contribution in [0.2, 0.25) is 0 Å². The van der Waals surface area contributed by atoms with Gasteiger partial charge in [-0.15, -0.1) is 0 Å². The molecule has 2 aliphatic carbocycles. The molecule has 290 valence electrons. The van der Waals surface area contributed by atoms with Gasteiger partial charge in [-0.3, -0.25) is 24.6 Å². The molecule has 4 heterocycles. The van der Waals surface area contributed by atoms with E-state index in [-0.39, 0.29) is 35.6 Å². The Labute approximate surface area is 329 Å². The third-order valence-corrected chi connectivity index (χ3v) is 12.7. The van der Waals surface area contributed by atoms with Crippen LogP contribution in [0.25, 0.3) is 22.3 Å². The first kappa shape index (κ1) is 37.5. The summed E-state index contributed by atoms with van der Waals surface area (Å²) in [5.41, 5.74) is 10.3. The summed E-state index contributed by atoms with van der Waals surface area (Å²) >= 11 is 0. The molecule has 3 aromatic rings. The van der Waals surface area contributed by atoms with Crippen molar-refractivity contribution in [3.8, 4) is 11.1 Å². The Morgan fingerprint density at radius 2 is 1.41 bits per heavy atom. The Balaban J connectivity index is 0.853. The van der Waals surface area contributed by atoms with Gasteiger partial charge in [0.2, 0.25) is 11.8 Å². The Bertz CT molecular complexity index is 2070. The molecular weight excluding hydrogens is 701 g/mol. The van der Waals surface area contributed by atoms with Crippen LogP contribution in [0.15, 0.2) is 95.4 Å². The molecule has 1 saturated heterocycles. The highest BCUT2D eigenvalue weighted by Crippen LogP contribution is 2.54. The van der Waals surface area contributed by atoms with Gasteiger partial charge >= 0.3 is 6.09 Å². The van der Waals surface area contributed by atoms with Gasteiger partial charge in [0, 0.05) is 74.0 Å². The number of allylic oxidation sites excluding steroid dienone is 2. The molecular formula is C46H52N6O4. The first-order valence-electron chi connectivity index (χ1n) is 20.3. The van der Waals surface area contributed by atoms with E-state index in [0.717, 1.165) is 66.5 Å². The Morgan fingerprint density at radius 1 is 0.804 bits per heavy atom. The van der Waals surface area contributed by atoms with Crippen molar-refractivity contribution in [2.45, 2.75) is 77.3 Å². The quantitative estimate of drug-likeness (QED) is 0.198. The summed E-state index contributed by atoms with van der Waals surface area (Å²) in [6.45, 7) is 5.15. The van der Waals surface area contributed by atoms with Gasteiger partial charge in [-0.25, -0.2) is 4.79 Å². The molecule has 8 rings (SSSR count). The number of likely N-dealkylation sites (tertiary alicyclic amines) is 1. The fourth-order valence-electron chi connectivity index (χ4n) is 9.81. The number of nitrogens with zero attached hydrogens (tertiary/aromatic N) is 4. The molecule has 56 heavy (non-hydrogen) atoms. The minimum atomic E-state index is -0.645. The standard InChI is InChI=1S/C46H52N6O4/c1-28(2)43(51-46(55)56-3)45(54)52-22-4-5-40(52)38-24-36(26-49-38)32-10-6-30(7-11-32)31-8-12-33(13-9-31)37-25-39(50-27-37)41-34-14-15-35(23-34)42(41)44(53)48-21-18-29-16-19-47-20-17-29/h6-13,16-17,19-20,26-28,34-35,40-43H,4-5,14-15,18,21-25H2,1-3H3,(H,48,53)(H,51,55)/t34?,35?,40-,41?,42-,43-/m0/s1. The highest BCUT2D eigenvalue weighted by molar-refractivity contribution is 6.04. The Hall–Kier alpha value is -5.38. The van der Waals surface area contributed by atoms with E-state index in [4.69, 9.17) is 14.7 Å². The SMILES string of the molecule is COC(=O)N[C@H](C(=O)N1CCC[C@H]1C1=NC=C(c2ccc(-c3ccc(C4=CN=C(C5C6CCC(C6)[C@@H]5C(=O)NCCc5ccncc5)C4)cc3)cc2)C1)C(C)C. The van der Waals surface area contributed by atoms with Gasteiger partial charge in [0.25, 0.3) is 0 Å². The number of carbonyl (C=O) groups is 3. The number of amides is 3. The van der Waals surface area contributed by atoms with Crippen LogP contribution in [0.1, 0.15) is 75.5 Å². The van der Waals surface area contributed by atoms with Crippen LogP contribution >= 0.6 is 0 Å². The van der Waals surface area contributed by atoms with Crippen molar-refractivity contribution < 1.29 is 19.1 Å². The van der Waals surface area contributed by atoms with Crippen LogP contribution in [0, 0.1) is 29.6 Å². The molecule has 5 aliphatic rings. The van der Waals surface area contributed by atoms with E-state index < -0.39 is 12.1 Å². The fraction of sp³-hybridized carbons (Fsp3) is 0.435. The van der Waals surface area contributed by atoms with Crippen molar-refractivity contribution in [1.29, 1.82) is 0 Å². The lowest BCUT2D eigenvalue weighted by Crippen LogP contribution is -2.53. The highest BCUT2D eigenvalue weighted by atomic mass is 16.5. The largest absolute Gasteiger partial charge is 0.453 e. The zero-order valence-electron chi connectivity index (χ0n) is 32.6. The Morgan fingerprint density at radius 3 is 2.05 bits per heavy atom. The van der Waals surface area contributed by atoms with Crippen molar-refractivity contribution in [1.82, 2.24) is 20.5 Å². The molecule has 1 aromatic heterocycles. The number of fused-ring (bicyclic) bond motifs is 2. The van der Waals surface area contributed by atoms with Gasteiger partial charge < -0.3 is 20.3 Å². The Kier molecular flexibility index (Phi) is 11.0. The number of pyridine rings is 1. The van der Waals surface area contributed by atoms with Crippen LogP contribution in [-0.4, -0.2) is 71.5 Å². The second-order valence-corrected chi connectivity index (χ2v) is 16.4. The predicted octanol–water partition coefficient (Wildman–Crippen LogP) is 7.51. The van der Waals surface area contributed by atoms with E-state index in [2.05, 4.69) is 64.1 Å². The van der Waals surface area contributed by atoms with Crippen LogP contribution in [-0.2, 0) is 20.7 Å². The molecule has 3 fully saturated rings. The molecule has 2 N–H and O–H groups in total. The van der Waals surface area contributed by atoms with Gasteiger partial charge in [0.15, 0.2) is 0 Å². The molecule has 10 nitrogen and oxygen atoms in total. The van der Waals surface area contributed by atoms with Gasteiger partial charge in [-0.2, -0.15) is 0 Å². The lowest BCUT2D eigenvalue weighted by Gasteiger charge is -2.31. The number of hydrogen-bond acceptors (Lipinski definition) is 7. The maximum absolute atomic E-state index is 13.6. The molecule has 2 bridgehead atoms. The molecule has 3 amide bonds. The molecule has 0 radical (unpaired) electrons. The van der Waals surface area contributed by atoms with E-state index >= 15 is 0 Å². The van der Waals surface area contributed by atoms with E-state index in [0.29, 0.717) is 31.3 Å². The number of aliphatic imine (C=N–C) groups is 2. The summed E-state index contributed by atoms with van der Waals surface area (Å²) in [6, 6.07) is 20.7. The van der Waals surface area contributed by atoms with Gasteiger partial charge in [-0.05, 0) is 107 Å². The number of carbonyl (C=O) groups excluding carboxylic acids is 3. The number of benzene rings is 2. The van der Waals surface area contributed by atoms with Crippen molar-refractivity contribution in [2.24, 2.45) is 39.6 Å². The maximum Gasteiger partial charge on any atom is 0.407 e. The summed E-state index contributed by atoms with van der Waals surface area (Å²) in [7, 11) is 1.31. The molecule has 10 heteroatoms. The second kappa shape index (κ2) is 16.4. The monoisotopic (exact) mass is 752 g/mol. The topological polar surface area (TPSA) is 125 Å². The molecule has 0 spiro atoms. The zero-order chi connectivity index (χ0) is 38.8. The summed E-state index contributed by atoms with van der Waals surface area (Å²) in [5.74, 6) is 1.28. The summed E-state index contributed by atoms with van der Waals surface area (Å²) in [4.78, 5) is 54.9. The molecule has 2 aromatic carbocycles. The van der Waals surface area contributed by atoms with Crippen LogP contribution in [0.3, 0.4) is 0 Å². The minimum Gasteiger partial charge on any atom is -0.453 e. The van der Waals surface area contributed by atoms with Gasteiger partial charge in [0.05, 0.1) is 13.2 Å². The maximum atomic E-state index is 13.6. The minimum absolute atomic E-state index is 0.0158. The second-order valence-electron chi connectivity index (χ2n) is 16.4. The first-order valence-corrected chi connectivity index (χ1v) is 20.3. The van der Waals surface area contributed by atoms with E-state index in [9.17, 15) is 14.4 Å². The normalized spacial score (nSPS) is 24.4. The molecule has 6 atom stereocenters. The van der Waals surface area contributed by atoms with Crippen molar-refractivity contribution in [3.05, 3.63) is 102 Å². The molecule has 2 saturated carbocycles. The van der Waals surface area contributed by atoms with E-state index in [1.165, 1.54) is 35.9 Å². The summed E-state index contributed by atoms with van der Waals surface area (Å²) in [5, 5.41) is 5.99. The van der Waals surface area contributed by atoms with Crippen LogP contribution < -0.4 is 10.6 Å². The number of methoxy groups -OCH3 is 1. The third kappa shape index (κ3) is 7.71. The van der Waals surface area contributed by atoms with Crippen LogP contribution in [0.4, 0.5) is 4.79 Å². The van der Waals surface area contributed by atoms with E-state index in [1.54, 1.807) is 12.4 Å². The lowest BCUT2D eigenvalue weighted by atomic mass is 9.75. The van der Waals surface area contributed by atoms with Crippen LogP contribution in [0.5, 0.6) is 0 Å². The third-order valence-electron chi connectivity index (χ3n) is 12.7. The molecule has 3 aliphatic heterocycles. The number of ether oxygens (including phenoxy) is 1. The average Bonchev–Trinajstić information content (AvgIpc) is 4.09. The van der Waals surface area contributed by atoms with Crippen molar-refractivity contribution >= 4 is 40.5 Å². The van der Waals surface area contributed by atoms with E-state index in [1.807, 2.05) is 43.3 Å². The summed E-state index contributed by atoms with van der Waals surface area (Å²) in [6.07, 6.45) is 14.5. The number of rotatable bonds is 12. The highest BCUT2D eigenvalue weighted by Gasteiger charge is 2.52. The van der Waals surface area contributed by atoms with Crippen molar-refractivity contribution in [3.63, 3.8) is 0 Å². The smallest absolute Gasteiger partial charge is 0.407 e. The number of aromatic nitrogens is 1. The fourth-order valence-corrected chi connectivity index (χ4v) is 9.81. The van der Waals surface area contributed by atoms with Gasteiger partial charge in [0.1, 0.15) is 6.04 Å². The first-order chi connectivity index (χ1) is 27.3. The zero-order valence-corrected chi connectivity index (χ0v) is 32.6. The van der Waals surface area contributed by atoms with Gasteiger partial charge in [-0.1, -0.05) is 62.4 Å².